The summed E-state index contributed by atoms with van der Waals surface area (Å²) in [6.45, 7) is -5.16. The van der Waals surface area contributed by atoms with E-state index in [0.29, 0.717) is 0 Å². The number of amides is 4. The van der Waals surface area contributed by atoms with E-state index in [1.165, 1.54) is 0 Å². The highest BCUT2D eigenvalue weighted by Gasteiger charge is 2.63. The van der Waals surface area contributed by atoms with E-state index in [1.807, 2.05) is 0 Å². The average Bonchev–Trinajstić information content (AvgIpc) is 0.971. The summed E-state index contributed by atoms with van der Waals surface area (Å²) in [6.07, 6.45) is -55.9. The van der Waals surface area contributed by atoms with Crippen LogP contribution in [0.25, 0.3) is 0 Å². The molecule has 4 amide bonds. The van der Waals surface area contributed by atoms with E-state index < -0.39 is 272 Å². The molecule has 0 radical (unpaired) electrons. The first kappa shape index (κ1) is 71.3. The topological polar surface area (TPSA) is 619 Å². The molecule has 1 unspecified atom stereocenters. The summed E-state index contributed by atoms with van der Waals surface area (Å²) in [6, 6.07) is -7.57. The maximum atomic E-state index is 13.7. The van der Waals surface area contributed by atoms with Crippen LogP contribution in [0, 0.1) is 0 Å². The monoisotopic (exact) mass is 1260 g/mol. The third-order valence-electron chi connectivity index (χ3n) is 15.1. The molecule has 0 aromatic carbocycles. The Morgan fingerprint density at radius 1 is 0.477 bits per heavy atom. The van der Waals surface area contributed by atoms with Crippen molar-refractivity contribution in [3.8, 4) is 0 Å². The lowest BCUT2D eigenvalue weighted by molar-refractivity contribution is -0.395. The Morgan fingerprint density at radius 3 is 1.49 bits per heavy atom. The van der Waals surface area contributed by atoms with Crippen LogP contribution in [0.15, 0.2) is 0 Å². The number of carboxylic acids is 1. The van der Waals surface area contributed by atoms with Crippen LogP contribution in [-0.4, -0.2) is 362 Å². The number of hydrogen-bond donors (Lipinski definition) is 23. The van der Waals surface area contributed by atoms with E-state index in [1.54, 1.807) is 0 Å². The van der Waals surface area contributed by atoms with Gasteiger partial charge >= 0.3 is 5.97 Å². The van der Waals surface area contributed by atoms with Gasteiger partial charge in [-0.05, 0) is 0 Å². The van der Waals surface area contributed by atoms with E-state index in [0.717, 1.165) is 20.8 Å². The van der Waals surface area contributed by atoms with E-state index in [4.69, 9.17) is 52.1 Å². The van der Waals surface area contributed by atoms with Crippen molar-refractivity contribution in [2.45, 2.75) is 217 Å². The number of hydrogen-bond acceptors (Lipinski definition) is 34. The molecule has 6 rings (SSSR count). The zero-order valence-electron chi connectivity index (χ0n) is 46.0. The second-order valence-corrected chi connectivity index (χ2v) is 21.2. The molecule has 0 aliphatic carbocycles. The standard InChI is InChI=1S/C47H78N4O35/c1-12(59)48-24-31(69)28(66)17(6-53)77-42(24)82-36-21(10-57)79-43(26(50-14(3)61)39(36)86-47(46(74)75)4-15(62)23(51-22(64)11-58)38(85-47)27(65)16(63)5-52)84-40-30(68)19(8-55)78-45(34(40)72)81-35-20(9-56)80-44(33(71)32(35)70)83-37-25(49-13(2)60)41(73)76-18(7-54)29(37)67/h15-21,23-45,52-58,62-63,65-73H,4-11H2,1-3H3,(H,48,59)(H,49,60)(H,50,61)(H,51,64)(H,74,75)/t15-,16+,17+,18+,19+,20+,21+,23+,24+,25+,26+,27+,28-,29-,30-,31+,32+,33+,34+,35-,36-,37+,38+,39+,40-,41?,42-,43-,44-,45-,47-/m0/s1. The van der Waals surface area contributed by atoms with Crippen molar-refractivity contribution >= 4 is 29.6 Å². The van der Waals surface area contributed by atoms with Crippen molar-refractivity contribution in [2.75, 3.05) is 46.2 Å². The number of ether oxygens (including phenoxy) is 11. The fourth-order valence-corrected chi connectivity index (χ4v) is 10.8. The van der Waals surface area contributed by atoms with Gasteiger partial charge in [-0.3, -0.25) is 19.2 Å². The summed E-state index contributed by atoms with van der Waals surface area (Å²) in [5.74, 6) is -9.65. The van der Waals surface area contributed by atoms with Crippen LogP contribution >= 0.6 is 0 Å². The second-order valence-electron chi connectivity index (χ2n) is 21.2. The maximum absolute atomic E-state index is 13.7. The first-order chi connectivity index (χ1) is 40.5. The van der Waals surface area contributed by atoms with Crippen LogP contribution < -0.4 is 21.3 Å². The number of aliphatic carboxylic acids is 1. The number of aliphatic hydroxyl groups excluding tert-OH is 18. The number of carbonyl (C=O) groups excluding carboxylic acids is 4. The van der Waals surface area contributed by atoms with Gasteiger partial charge in [-0.1, -0.05) is 0 Å². The Balaban J connectivity index is 1.39. The Labute approximate surface area is 486 Å². The van der Waals surface area contributed by atoms with Gasteiger partial charge in [0.2, 0.25) is 23.6 Å². The fraction of sp³-hybridized carbons (Fsp3) is 0.894. The van der Waals surface area contributed by atoms with Gasteiger partial charge < -0.3 is 170 Å². The third kappa shape index (κ3) is 15.7. The van der Waals surface area contributed by atoms with Gasteiger partial charge in [0.15, 0.2) is 31.5 Å². The van der Waals surface area contributed by atoms with E-state index >= 15 is 0 Å². The Bertz CT molecular complexity index is 2230. The molecule has 6 saturated heterocycles. The van der Waals surface area contributed by atoms with Crippen LogP contribution in [0.5, 0.6) is 0 Å². The lowest BCUT2D eigenvalue weighted by Gasteiger charge is -2.53. The van der Waals surface area contributed by atoms with Crippen molar-refractivity contribution in [3.05, 3.63) is 0 Å². The van der Waals surface area contributed by atoms with Crippen LogP contribution in [0.1, 0.15) is 27.2 Å². The molecule has 496 valence electrons. The number of aliphatic hydroxyl groups is 18. The van der Waals surface area contributed by atoms with Gasteiger partial charge in [-0.25, -0.2) is 4.79 Å². The highest BCUT2D eigenvalue weighted by molar-refractivity contribution is 5.78. The molecule has 6 aliphatic rings. The molecule has 0 spiro atoms. The lowest BCUT2D eigenvalue weighted by atomic mass is 9.87. The largest absolute Gasteiger partial charge is 0.477 e. The molecule has 39 nitrogen and oxygen atoms in total. The van der Waals surface area contributed by atoms with Crippen molar-refractivity contribution in [1.29, 1.82) is 0 Å². The predicted molar refractivity (Wildman–Crippen MR) is 264 cm³/mol. The molecule has 23 N–H and O–H groups in total. The van der Waals surface area contributed by atoms with Gasteiger partial charge in [-0.2, -0.15) is 0 Å². The van der Waals surface area contributed by atoms with Crippen molar-refractivity contribution < 1.29 is 173 Å². The van der Waals surface area contributed by atoms with Gasteiger partial charge in [0.25, 0.3) is 5.79 Å². The van der Waals surface area contributed by atoms with Gasteiger partial charge in [0.05, 0.1) is 51.8 Å². The highest BCUT2D eigenvalue weighted by atomic mass is 16.8. The van der Waals surface area contributed by atoms with Crippen molar-refractivity contribution in [1.82, 2.24) is 21.3 Å². The normalized spacial score (nSPS) is 44.6. The summed E-state index contributed by atoms with van der Waals surface area (Å²) in [4.78, 5) is 64.1. The van der Waals surface area contributed by atoms with E-state index in [9.17, 15) is 121 Å². The Hall–Kier alpha value is -3.81. The molecular formula is C47H78N4O35. The number of carboxylic acid groups (broad SMARTS) is 1. The van der Waals surface area contributed by atoms with E-state index in [-0.39, 0.29) is 0 Å². The smallest absolute Gasteiger partial charge is 0.364 e. The first-order valence-corrected chi connectivity index (χ1v) is 26.9. The van der Waals surface area contributed by atoms with Gasteiger partial charge in [0, 0.05) is 27.2 Å². The molecule has 6 heterocycles. The molecule has 0 bridgehead atoms. The molecule has 0 aromatic rings. The highest BCUT2D eigenvalue weighted by Crippen LogP contribution is 2.41. The van der Waals surface area contributed by atoms with Gasteiger partial charge in [-0.15, -0.1) is 0 Å². The second kappa shape index (κ2) is 30.8. The minimum absolute atomic E-state index is 0.770. The quantitative estimate of drug-likeness (QED) is 0.0427. The molecule has 31 atom stereocenters. The van der Waals surface area contributed by atoms with Crippen LogP contribution in [0.3, 0.4) is 0 Å². The SMILES string of the molecule is CC(=O)N[C@H]1[C@H](O[C@@H]2[C@H](O[C@]3(C(=O)O)C[C@H](O)[C@@H](NC(=O)CO)[C@H]([C@H](O)[C@H](O)CO)O3)[C@@H](NC(C)=O)[C@H](O[C@H]3[C@@H](O)[C@@H](CO)O[C@@H](O[C@@H]4[C@H](O)[C@@H](O)[C@H](O[C@H]5[C@@H](O)[C@@H](CO)OC(O)[C@@H]5NC(C)=O)O[C@@H]4CO)[C@@H]3O)O[C@@H]2CO)O[C@H](CO)[C@H](O)[C@@H]1O. The molecule has 0 aromatic heterocycles. The van der Waals surface area contributed by atoms with Crippen LogP contribution in [0.2, 0.25) is 0 Å². The van der Waals surface area contributed by atoms with Crippen LogP contribution in [0.4, 0.5) is 0 Å². The molecule has 6 aliphatic heterocycles. The first-order valence-electron chi connectivity index (χ1n) is 26.9. The predicted octanol–water partition coefficient (Wildman–Crippen LogP) is -15.3. The minimum atomic E-state index is -3.44. The molecular weight excluding hydrogens is 1180 g/mol. The molecule has 39 heteroatoms. The van der Waals surface area contributed by atoms with E-state index in [2.05, 4.69) is 21.3 Å². The summed E-state index contributed by atoms with van der Waals surface area (Å²) < 4.78 is 64.3. The molecule has 86 heavy (non-hydrogen) atoms. The maximum Gasteiger partial charge on any atom is 0.364 e. The average molecular weight is 1260 g/mol. The molecule has 6 fully saturated rings. The summed E-state index contributed by atoms with van der Waals surface area (Å²) in [5, 5.41) is 215. The summed E-state index contributed by atoms with van der Waals surface area (Å²) in [5.41, 5.74) is 0. The van der Waals surface area contributed by atoms with Crippen LogP contribution in [-0.2, 0) is 76.1 Å². The summed E-state index contributed by atoms with van der Waals surface area (Å²) >= 11 is 0. The third-order valence-corrected chi connectivity index (χ3v) is 15.1. The fourth-order valence-electron chi connectivity index (χ4n) is 10.8. The van der Waals surface area contributed by atoms with Gasteiger partial charge in [0.1, 0.15) is 147 Å². The number of nitrogens with one attached hydrogen (secondary N) is 4. The Kier molecular flexibility index (Phi) is 25.5. The van der Waals surface area contributed by atoms with Crippen molar-refractivity contribution in [3.63, 3.8) is 0 Å². The number of carbonyl (C=O) groups is 5. The zero-order chi connectivity index (χ0) is 64.0. The Morgan fingerprint density at radius 2 is 0.930 bits per heavy atom. The van der Waals surface area contributed by atoms with Crippen molar-refractivity contribution in [2.24, 2.45) is 0 Å². The molecule has 0 saturated carbocycles. The summed E-state index contributed by atoms with van der Waals surface area (Å²) in [7, 11) is 0. The zero-order valence-corrected chi connectivity index (χ0v) is 46.0. The number of rotatable bonds is 24. The minimum Gasteiger partial charge on any atom is -0.477 e. The lowest BCUT2D eigenvalue weighted by Crippen LogP contribution is -2.74.